The van der Waals surface area contributed by atoms with Crippen LogP contribution in [0.5, 0.6) is 0 Å². The van der Waals surface area contributed by atoms with Crippen LogP contribution >= 0.6 is 11.3 Å². The number of hydrogen-bond acceptors (Lipinski definition) is 5. The number of sulfonamides is 1. The van der Waals surface area contributed by atoms with E-state index in [1.54, 1.807) is 21.7 Å². The zero-order valence-electron chi connectivity index (χ0n) is 18.5. The van der Waals surface area contributed by atoms with Gasteiger partial charge in [0.2, 0.25) is 10.0 Å². The predicted molar refractivity (Wildman–Crippen MR) is 123 cm³/mol. The molecule has 0 unspecified atom stereocenters. The number of benzene rings is 1. The highest BCUT2D eigenvalue weighted by molar-refractivity contribution is 7.89. The summed E-state index contributed by atoms with van der Waals surface area (Å²) in [7, 11) is -1.70. The van der Waals surface area contributed by atoms with E-state index in [0.29, 0.717) is 36.0 Å². The Morgan fingerprint density at radius 3 is 2.23 bits per heavy atom. The topological polar surface area (TPSA) is 75.5 Å². The molecule has 166 valence electrons. The van der Waals surface area contributed by atoms with E-state index in [9.17, 15) is 13.2 Å². The standard InChI is InChI=1S/C22H28N4O3S2/c1-15-18-14-19(30-21(18)24(5)23-15)20(27)25-10-12-26(13-11-25)31(28,29)17-8-6-16(7-9-17)22(2,3)4/h6-9,14H,10-13H2,1-5H3. The van der Waals surface area contributed by atoms with Crippen molar-refractivity contribution in [3.63, 3.8) is 0 Å². The number of nitrogens with zero attached hydrogens (tertiary/aromatic N) is 4. The molecule has 0 saturated carbocycles. The zero-order valence-corrected chi connectivity index (χ0v) is 20.2. The largest absolute Gasteiger partial charge is 0.335 e. The lowest BCUT2D eigenvalue weighted by atomic mass is 9.87. The van der Waals surface area contributed by atoms with Crippen LogP contribution in [0.3, 0.4) is 0 Å². The van der Waals surface area contributed by atoms with Crippen molar-refractivity contribution < 1.29 is 13.2 Å². The average molecular weight is 461 g/mol. The summed E-state index contributed by atoms with van der Waals surface area (Å²) in [5.74, 6) is -0.0489. The van der Waals surface area contributed by atoms with Crippen LogP contribution in [-0.4, -0.2) is 59.5 Å². The third-order valence-electron chi connectivity index (χ3n) is 5.79. The van der Waals surface area contributed by atoms with Gasteiger partial charge in [-0.1, -0.05) is 32.9 Å². The van der Waals surface area contributed by atoms with Crippen molar-refractivity contribution in [2.75, 3.05) is 26.2 Å². The second-order valence-corrected chi connectivity index (χ2v) is 12.0. The van der Waals surface area contributed by atoms with E-state index in [2.05, 4.69) is 25.9 Å². The van der Waals surface area contributed by atoms with Crippen molar-refractivity contribution in [2.24, 2.45) is 7.05 Å². The van der Waals surface area contributed by atoms with Crippen LogP contribution in [0.15, 0.2) is 35.2 Å². The first kappa shape index (κ1) is 22.0. The maximum atomic E-state index is 13.1. The number of amides is 1. The Bertz CT molecular complexity index is 1190. The Hall–Kier alpha value is -2.23. The van der Waals surface area contributed by atoms with Gasteiger partial charge in [-0.3, -0.25) is 9.48 Å². The molecule has 9 heteroatoms. The molecule has 1 aromatic carbocycles. The van der Waals surface area contributed by atoms with Crippen LogP contribution in [0, 0.1) is 6.92 Å². The fourth-order valence-electron chi connectivity index (χ4n) is 3.87. The molecule has 3 heterocycles. The van der Waals surface area contributed by atoms with Gasteiger partial charge in [-0.2, -0.15) is 9.40 Å². The minimum atomic E-state index is -3.57. The highest BCUT2D eigenvalue weighted by Crippen LogP contribution is 2.29. The Kier molecular flexibility index (Phi) is 5.47. The predicted octanol–water partition coefficient (Wildman–Crippen LogP) is 3.39. The van der Waals surface area contributed by atoms with E-state index >= 15 is 0 Å². The molecule has 0 N–H and O–H groups in total. The first-order valence-electron chi connectivity index (χ1n) is 10.3. The van der Waals surface area contributed by atoms with Gasteiger partial charge in [-0.05, 0) is 36.1 Å². The molecule has 1 aliphatic rings. The number of aromatic nitrogens is 2. The van der Waals surface area contributed by atoms with Crippen molar-refractivity contribution in [2.45, 2.75) is 38.0 Å². The number of aryl methyl sites for hydroxylation is 2. The maximum absolute atomic E-state index is 13.1. The van der Waals surface area contributed by atoms with Crippen molar-refractivity contribution >= 4 is 37.5 Å². The Labute approximate surface area is 187 Å². The van der Waals surface area contributed by atoms with Gasteiger partial charge in [-0.15, -0.1) is 11.3 Å². The second kappa shape index (κ2) is 7.72. The van der Waals surface area contributed by atoms with Crippen molar-refractivity contribution in [1.82, 2.24) is 19.0 Å². The Morgan fingerprint density at radius 1 is 1.06 bits per heavy atom. The highest BCUT2D eigenvalue weighted by atomic mass is 32.2. The molecule has 1 saturated heterocycles. The first-order chi connectivity index (χ1) is 14.5. The number of thiophene rings is 1. The van der Waals surface area contributed by atoms with Gasteiger partial charge >= 0.3 is 0 Å². The summed E-state index contributed by atoms with van der Waals surface area (Å²) in [6, 6.07) is 9.02. The van der Waals surface area contributed by atoms with Gasteiger partial charge < -0.3 is 4.90 Å². The summed E-state index contributed by atoms with van der Waals surface area (Å²) in [5, 5.41) is 5.37. The monoisotopic (exact) mass is 460 g/mol. The molecule has 0 bridgehead atoms. The van der Waals surface area contributed by atoms with Gasteiger partial charge in [0.1, 0.15) is 4.83 Å². The minimum Gasteiger partial charge on any atom is -0.335 e. The van der Waals surface area contributed by atoms with E-state index < -0.39 is 10.0 Å². The lowest BCUT2D eigenvalue weighted by Gasteiger charge is -2.33. The van der Waals surface area contributed by atoms with Gasteiger partial charge in [0, 0.05) is 38.6 Å². The summed E-state index contributed by atoms with van der Waals surface area (Å²) in [6.45, 7) is 9.57. The molecule has 1 aliphatic heterocycles. The SMILES string of the molecule is Cc1nn(C)c2sc(C(=O)N3CCN(S(=O)(=O)c4ccc(C(C)(C)C)cc4)CC3)cc12. The van der Waals surface area contributed by atoms with Crippen molar-refractivity contribution in [1.29, 1.82) is 0 Å². The highest BCUT2D eigenvalue weighted by Gasteiger charge is 2.31. The quantitative estimate of drug-likeness (QED) is 0.600. The molecule has 0 atom stereocenters. The van der Waals surface area contributed by atoms with Crippen LogP contribution in [0.4, 0.5) is 0 Å². The third-order valence-corrected chi connectivity index (χ3v) is 8.89. The van der Waals surface area contributed by atoms with Crippen molar-refractivity contribution in [3.8, 4) is 0 Å². The van der Waals surface area contributed by atoms with Crippen LogP contribution in [0.1, 0.15) is 41.7 Å². The fourth-order valence-corrected chi connectivity index (χ4v) is 6.39. The summed E-state index contributed by atoms with van der Waals surface area (Å²) < 4.78 is 29.4. The van der Waals surface area contributed by atoms with Crippen molar-refractivity contribution in [3.05, 3.63) is 46.5 Å². The Morgan fingerprint density at radius 2 is 1.68 bits per heavy atom. The number of rotatable bonds is 3. The van der Waals surface area contributed by atoms with Gasteiger partial charge in [-0.25, -0.2) is 8.42 Å². The molecule has 1 amide bonds. The minimum absolute atomic E-state index is 0.0323. The van der Waals surface area contributed by atoms with Crippen LogP contribution in [0.2, 0.25) is 0 Å². The molecule has 31 heavy (non-hydrogen) atoms. The molecule has 0 radical (unpaired) electrons. The number of piperazine rings is 1. The smallest absolute Gasteiger partial charge is 0.264 e. The molecule has 3 aromatic rings. The van der Waals surface area contributed by atoms with Crippen LogP contribution < -0.4 is 0 Å². The summed E-state index contributed by atoms with van der Waals surface area (Å²) in [5.41, 5.74) is 1.96. The summed E-state index contributed by atoms with van der Waals surface area (Å²) >= 11 is 1.43. The first-order valence-corrected chi connectivity index (χ1v) is 12.6. The van der Waals surface area contributed by atoms with E-state index in [4.69, 9.17) is 0 Å². The summed E-state index contributed by atoms with van der Waals surface area (Å²) in [6.07, 6.45) is 0. The molecule has 0 spiro atoms. The molecular formula is C22H28N4O3S2. The lowest BCUT2D eigenvalue weighted by molar-refractivity contribution is 0.0703. The molecular weight excluding hydrogens is 432 g/mol. The molecule has 2 aromatic heterocycles. The maximum Gasteiger partial charge on any atom is 0.264 e. The normalized spacial score (nSPS) is 16.2. The average Bonchev–Trinajstić information content (AvgIpc) is 3.28. The van der Waals surface area contributed by atoms with Gasteiger partial charge in [0.25, 0.3) is 5.91 Å². The molecule has 0 aliphatic carbocycles. The molecule has 4 rings (SSSR count). The Balaban J connectivity index is 1.46. The third kappa shape index (κ3) is 4.02. The number of fused-ring (bicyclic) bond motifs is 1. The number of carbonyl (C=O) groups excluding carboxylic acids is 1. The fraction of sp³-hybridized carbons (Fsp3) is 0.455. The van der Waals surface area contributed by atoms with Crippen LogP contribution in [0.25, 0.3) is 10.2 Å². The second-order valence-electron chi connectivity index (χ2n) is 9.01. The van der Waals surface area contributed by atoms with Crippen LogP contribution in [-0.2, 0) is 22.5 Å². The lowest BCUT2D eigenvalue weighted by Crippen LogP contribution is -2.50. The van der Waals surface area contributed by atoms with E-state index in [1.165, 1.54) is 15.6 Å². The van der Waals surface area contributed by atoms with E-state index in [1.807, 2.05) is 32.2 Å². The number of carbonyl (C=O) groups is 1. The summed E-state index contributed by atoms with van der Waals surface area (Å²) in [4.78, 5) is 16.7. The van der Waals surface area contributed by atoms with Gasteiger partial charge in [0.05, 0.1) is 15.5 Å². The molecule has 1 fully saturated rings. The molecule has 7 nitrogen and oxygen atoms in total. The number of hydrogen-bond donors (Lipinski definition) is 0. The van der Waals surface area contributed by atoms with Gasteiger partial charge in [0.15, 0.2) is 0 Å². The zero-order chi connectivity index (χ0) is 22.6. The van der Waals surface area contributed by atoms with E-state index in [0.717, 1.165) is 21.5 Å². The van der Waals surface area contributed by atoms with E-state index in [-0.39, 0.29) is 11.3 Å².